The minimum atomic E-state index is -3.76. The van der Waals surface area contributed by atoms with E-state index >= 15 is 0 Å². The van der Waals surface area contributed by atoms with Crippen LogP contribution >= 0.6 is 10.7 Å². The molecule has 0 N–H and O–H groups in total. The number of halogens is 1. The lowest BCUT2D eigenvalue weighted by atomic mass is 10.0. The Balaban J connectivity index is 1.99. The number of amides is 1. The highest BCUT2D eigenvalue weighted by Crippen LogP contribution is 2.32. The lowest BCUT2D eigenvalue weighted by molar-refractivity contribution is -0.119. The standard InChI is InChI=1S/C16H14ClNO3S/c17-22(20,21)14-7-8-15-13(10-14)6-9-16(19)18(15)11-12-4-2-1-3-5-12/h1-5,7-8,10H,6,9,11H2. The van der Waals surface area contributed by atoms with E-state index in [0.29, 0.717) is 19.4 Å². The molecular formula is C16H14ClNO3S. The highest BCUT2D eigenvalue weighted by molar-refractivity contribution is 8.13. The number of fused-ring (bicyclic) bond motifs is 1. The monoisotopic (exact) mass is 335 g/mol. The first-order valence-corrected chi connectivity index (χ1v) is 9.18. The minimum absolute atomic E-state index is 0.0397. The zero-order chi connectivity index (χ0) is 15.7. The van der Waals surface area contributed by atoms with Crippen molar-refractivity contribution in [2.75, 3.05) is 4.90 Å². The quantitative estimate of drug-likeness (QED) is 0.810. The zero-order valence-electron chi connectivity index (χ0n) is 11.7. The first-order valence-electron chi connectivity index (χ1n) is 6.87. The van der Waals surface area contributed by atoms with E-state index in [1.165, 1.54) is 6.07 Å². The summed E-state index contributed by atoms with van der Waals surface area (Å²) in [6.45, 7) is 0.472. The summed E-state index contributed by atoms with van der Waals surface area (Å²) in [6.07, 6.45) is 0.894. The number of carbonyl (C=O) groups is 1. The van der Waals surface area contributed by atoms with Crippen LogP contribution in [-0.2, 0) is 26.8 Å². The normalized spacial score (nSPS) is 14.8. The summed E-state index contributed by atoms with van der Waals surface area (Å²) in [5.74, 6) is 0.0397. The summed E-state index contributed by atoms with van der Waals surface area (Å²) in [5.41, 5.74) is 2.61. The summed E-state index contributed by atoms with van der Waals surface area (Å²) < 4.78 is 22.9. The number of anilines is 1. The van der Waals surface area contributed by atoms with Crippen LogP contribution < -0.4 is 4.90 Å². The number of rotatable bonds is 3. The smallest absolute Gasteiger partial charge is 0.261 e. The van der Waals surface area contributed by atoms with Crippen LogP contribution in [0.2, 0.25) is 0 Å². The fourth-order valence-electron chi connectivity index (χ4n) is 2.63. The molecule has 0 aromatic heterocycles. The molecule has 0 bridgehead atoms. The van der Waals surface area contributed by atoms with Gasteiger partial charge in [0.25, 0.3) is 9.05 Å². The summed E-state index contributed by atoms with van der Waals surface area (Å²) in [4.78, 5) is 14.0. The molecule has 0 fully saturated rings. The molecule has 2 aromatic rings. The third kappa shape index (κ3) is 3.00. The molecule has 0 aliphatic carbocycles. The van der Waals surface area contributed by atoms with Crippen molar-refractivity contribution in [2.24, 2.45) is 0 Å². The van der Waals surface area contributed by atoms with Gasteiger partial charge in [-0.05, 0) is 35.7 Å². The predicted molar refractivity (Wildman–Crippen MR) is 85.4 cm³/mol. The molecule has 1 aliphatic heterocycles. The fraction of sp³-hybridized carbons (Fsp3) is 0.188. The van der Waals surface area contributed by atoms with Gasteiger partial charge in [-0.2, -0.15) is 0 Å². The van der Waals surface area contributed by atoms with Crippen LogP contribution in [0, 0.1) is 0 Å². The molecule has 4 nitrogen and oxygen atoms in total. The van der Waals surface area contributed by atoms with Crippen LogP contribution in [0.5, 0.6) is 0 Å². The summed E-state index contributed by atoms with van der Waals surface area (Å²) in [7, 11) is 1.63. The maximum atomic E-state index is 12.2. The molecule has 6 heteroatoms. The van der Waals surface area contributed by atoms with Gasteiger partial charge in [0.1, 0.15) is 0 Å². The van der Waals surface area contributed by atoms with Crippen molar-refractivity contribution >= 4 is 31.3 Å². The number of nitrogens with zero attached hydrogens (tertiary/aromatic N) is 1. The Morgan fingerprint density at radius 3 is 2.45 bits per heavy atom. The van der Waals surface area contributed by atoms with Crippen molar-refractivity contribution in [3.05, 3.63) is 59.7 Å². The molecule has 0 saturated carbocycles. The molecule has 0 saturated heterocycles. The van der Waals surface area contributed by atoms with Gasteiger partial charge in [-0.3, -0.25) is 4.79 Å². The van der Waals surface area contributed by atoms with Crippen molar-refractivity contribution in [1.82, 2.24) is 0 Å². The fourth-order valence-corrected chi connectivity index (χ4v) is 3.43. The minimum Gasteiger partial charge on any atom is -0.308 e. The van der Waals surface area contributed by atoms with Gasteiger partial charge < -0.3 is 4.90 Å². The van der Waals surface area contributed by atoms with E-state index in [9.17, 15) is 13.2 Å². The second kappa shape index (κ2) is 5.74. The Kier molecular flexibility index (Phi) is 3.93. The third-order valence-corrected chi connectivity index (χ3v) is 5.07. The van der Waals surface area contributed by atoms with Crippen LogP contribution in [-0.4, -0.2) is 14.3 Å². The molecule has 1 aliphatic rings. The molecule has 1 amide bonds. The van der Waals surface area contributed by atoms with Crippen molar-refractivity contribution in [3.8, 4) is 0 Å². The zero-order valence-corrected chi connectivity index (χ0v) is 13.3. The maximum Gasteiger partial charge on any atom is 0.261 e. The van der Waals surface area contributed by atoms with Crippen LogP contribution in [0.1, 0.15) is 17.5 Å². The average molecular weight is 336 g/mol. The molecule has 22 heavy (non-hydrogen) atoms. The largest absolute Gasteiger partial charge is 0.308 e. The second-order valence-corrected chi connectivity index (χ2v) is 7.76. The van der Waals surface area contributed by atoms with Crippen molar-refractivity contribution in [2.45, 2.75) is 24.3 Å². The molecule has 3 rings (SSSR count). The van der Waals surface area contributed by atoms with Gasteiger partial charge in [0.05, 0.1) is 11.4 Å². The van der Waals surface area contributed by atoms with E-state index in [0.717, 1.165) is 16.8 Å². The molecule has 0 spiro atoms. The Morgan fingerprint density at radius 2 is 1.77 bits per heavy atom. The lowest BCUT2D eigenvalue weighted by Gasteiger charge is -2.29. The maximum absolute atomic E-state index is 12.2. The third-order valence-electron chi connectivity index (χ3n) is 3.72. The van der Waals surface area contributed by atoms with Crippen LogP contribution in [0.25, 0.3) is 0 Å². The summed E-state index contributed by atoms with van der Waals surface area (Å²) in [5, 5.41) is 0. The average Bonchev–Trinajstić information content (AvgIpc) is 2.50. The lowest BCUT2D eigenvalue weighted by Crippen LogP contribution is -2.34. The Hall–Kier alpha value is -1.85. The topological polar surface area (TPSA) is 54.5 Å². The number of hydrogen-bond acceptors (Lipinski definition) is 3. The highest BCUT2D eigenvalue weighted by atomic mass is 35.7. The van der Waals surface area contributed by atoms with Gasteiger partial charge in [0.2, 0.25) is 5.91 Å². The molecule has 0 unspecified atom stereocenters. The van der Waals surface area contributed by atoms with E-state index in [-0.39, 0.29) is 10.8 Å². The van der Waals surface area contributed by atoms with E-state index in [1.807, 2.05) is 30.3 Å². The molecule has 114 valence electrons. The first kappa shape index (κ1) is 15.1. The van der Waals surface area contributed by atoms with Gasteiger partial charge in [-0.15, -0.1) is 0 Å². The first-order chi connectivity index (χ1) is 10.4. The van der Waals surface area contributed by atoms with Crippen LogP contribution in [0.3, 0.4) is 0 Å². The van der Waals surface area contributed by atoms with Gasteiger partial charge in [0, 0.05) is 22.8 Å². The van der Waals surface area contributed by atoms with Crippen molar-refractivity contribution < 1.29 is 13.2 Å². The van der Waals surface area contributed by atoms with Gasteiger partial charge in [-0.1, -0.05) is 30.3 Å². The molecule has 2 aromatic carbocycles. The van der Waals surface area contributed by atoms with Crippen LogP contribution in [0.15, 0.2) is 53.4 Å². The predicted octanol–water partition coefficient (Wildman–Crippen LogP) is 3.09. The number of hydrogen-bond donors (Lipinski definition) is 0. The van der Waals surface area contributed by atoms with Crippen molar-refractivity contribution in [3.63, 3.8) is 0 Å². The Morgan fingerprint density at radius 1 is 1.05 bits per heavy atom. The highest BCUT2D eigenvalue weighted by Gasteiger charge is 2.25. The van der Waals surface area contributed by atoms with Crippen molar-refractivity contribution in [1.29, 1.82) is 0 Å². The van der Waals surface area contributed by atoms with E-state index in [1.54, 1.807) is 17.0 Å². The number of benzene rings is 2. The summed E-state index contributed by atoms with van der Waals surface area (Å²) in [6, 6.07) is 14.3. The molecule has 0 atom stereocenters. The van der Waals surface area contributed by atoms with E-state index < -0.39 is 9.05 Å². The van der Waals surface area contributed by atoms with E-state index in [4.69, 9.17) is 10.7 Å². The summed E-state index contributed by atoms with van der Waals surface area (Å²) >= 11 is 0. The van der Waals surface area contributed by atoms with Gasteiger partial charge in [-0.25, -0.2) is 8.42 Å². The number of aryl methyl sites for hydroxylation is 1. The molecular weight excluding hydrogens is 322 g/mol. The molecule has 1 heterocycles. The molecule has 0 radical (unpaired) electrons. The Labute approximate surface area is 133 Å². The second-order valence-electron chi connectivity index (χ2n) is 5.19. The SMILES string of the molecule is O=C1CCc2cc(S(=O)(=O)Cl)ccc2N1Cc1ccccc1. The Bertz CT molecular complexity index is 819. The number of carbonyl (C=O) groups excluding carboxylic acids is 1. The van der Waals surface area contributed by atoms with Gasteiger partial charge >= 0.3 is 0 Å². The van der Waals surface area contributed by atoms with Gasteiger partial charge in [0.15, 0.2) is 0 Å². The van der Waals surface area contributed by atoms with E-state index in [2.05, 4.69) is 0 Å². The van der Waals surface area contributed by atoms with Crippen LogP contribution in [0.4, 0.5) is 5.69 Å².